The van der Waals surface area contributed by atoms with E-state index < -0.39 is 12.2 Å². The minimum absolute atomic E-state index is 0.0740. The zero-order valence-corrected chi connectivity index (χ0v) is 16.5. The third kappa shape index (κ3) is 3.89. The molecule has 2 N–H and O–H groups in total. The summed E-state index contributed by atoms with van der Waals surface area (Å²) in [4.78, 5) is 12.5. The van der Waals surface area contributed by atoms with Crippen molar-refractivity contribution in [1.82, 2.24) is 5.32 Å². The van der Waals surface area contributed by atoms with Gasteiger partial charge in [0.15, 0.2) is 6.10 Å². The third-order valence-corrected chi connectivity index (χ3v) is 5.70. The number of fused-ring (bicyclic) bond motifs is 2. The summed E-state index contributed by atoms with van der Waals surface area (Å²) in [5, 5.41) is 8.39. The second-order valence-corrected chi connectivity index (χ2v) is 7.66. The number of hydrogen-bond acceptors (Lipinski definition) is 5. The molecule has 2 heterocycles. The number of hydrogen-bond donors (Lipinski definition) is 2. The van der Waals surface area contributed by atoms with Gasteiger partial charge in [-0.05, 0) is 17.0 Å². The lowest BCUT2D eigenvalue weighted by Crippen LogP contribution is -2.41. The lowest BCUT2D eigenvalue weighted by atomic mass is 10.1. The Bertz CT molecular complexity index is 1020. The highest BCUT2D eigenvalue weighted by atomic mass is 16.6. The van der Waals surface area contributed by atoms with Crippen LogP contribution < -0.4 is 10.6 Å². The minimum Gasteiger partial charge on any atom is -0.441 e. The molecule has 2 saturated heterocycles. The Morgan fingerprint density at radius 2 is 1.67 bits per heavy atom. The Labute approximate surface area is 175 Å². The number of amides is 1. The van der Waals surface area contributed by atoms with Crippen LogP contribution in [-0.4, -0.2) is 43.7 Å². The van der Waals surface area contributed by atoms with E-state index in [1.54, 1.807) is 0 Å². The van der Waals surface area contributed by atoms with Crippen LogP contribution in [-0.2, 0) is 20.8 Å². The van der Waals surface area contributed by atoms with Crippen molar-refractivity contribution in [3.8, 4) is 0 Å². The first-order valence-corrected chi connectivity index (χ1v) is 10.2. The van der Waals surface area contributed by atoms with Gasteiger partial charge in [-0.15, -0.1) is 0 Å². The number of carbonyl (C=O) groups excluding carboxylic acids is 1. The van der Waals surface area contributed by atoms with Gasteiger partial charge in [0.2, 0.25) is 0 Å². The molecule has 2 aliphatic rings. The predicted octanol–water partition coefficient (Wildman–Crippen LogP) is 3.71. The van der Waals surface area contributed by atoms with Crippen LogP contribution in [0.2, 0.25) is 0 Å². The molecule has 0 saturated carbocycles. The van der Waals surface area contributed by atoms with Gasteiger partial charge >= 0.3 is 6.09 Å². The molecule has 4 atom stereocenters. The Morgan fingerprint density at radius 1 is 0.900 bits per heavy atom. The molecule has 1 amide bonds. The maximum atomic E-state index is 12.5. The van der Waals surface area contributed by atoms with E-state index >= 15 is 0 Å². The molecule has 0 spiro atoms. The van der Waals surface area contributed by atoms with E-state index in [4.69, 9.17) is 14.2 Å². The van der Waals surface area contributed by atoms with E-state index in [0.29, 0.717) is 13.2 Å². The van der Waals surface area contributed by atoms with Gasteiger partial charge in [-0.1, -0.05) is 66.7 Å². The Kier molecular flexibility index (Phi) is 5.36. The molecule has 3 aromatic rings. The van der Waals surface area contributed by atoms with Crippen LogP contribution >= 0.6 is 0 Å². The fraction of sp³-hybridized carbons (Fsp3) is 0.292. The highest BCUT2D eigenvalue weighted by molar-refractivity contribution is 6.00. The smallest absolute Gasteiger partial charge is 0.412 e. The molecular weight excluding hydrogens is 380 g/mol. The van der Waals surface area contributed by atoms with Crippen LogP contribution in [0.1, 0.15) is 5.56 Å². The highest BCUT2D eigenvalue weighted by Gasteiger charge is 2.49. The number of ether oxygens (including phenoxy) is 3. The van der Waals surface area contributed by atoms with E-state index in [2.05, 4.69) is 22.8 Å². The van der Waals surface area contributed by atoms with Crippen molar-refractivity contribution in [2.75, 3.05) is 18.5 Å². The summed E-state index contributed by atoms with van der Waals surface area (Å²) in [7, 11) is 0. The van der Waals surface area contributed by atoms with Gasteiger partial charge < -0.3 is 19.5 Å². The van der Waals surface area contributed by atoms with Crippen molar-refractivity contribution >= 4 is 22.6 Å². The van der Waals surface area contributed by atoms with Gasteiger partial charge in [0.1, 0.15) is 12.2 Å². The lowest BCUT2D eigenvalue weighted by molar-refractivity contribution is 0.00855. The number of carbonyl (C=O) groups is 1. The summed E-state index contributed by atoms with van der Waals surface area (Å²) in [5.74, 6) is 0. The van der Waals surface area contributed by atoms with Gasteiger partial charge in [-0.2, -0.15) is 0 Å². The van der Waals surface area contributed by atoms with Crippen LogP contribution in [0.4, 0.5) is 10.5 Å². The van der Waals surface area contributed by atoms with E-state index in [1.807, 2.05) is 60.7 Å². The summed E-state index contributed by atoms with van der Waals surface area (Å²) >= 11 is 0. The standard InChI is InChI=1S/C24H24N2O4/c27-24(26-19-12-6-10-17-9-4-5-11-18(17)19)30-21-15-29-22-20(14-28-23(21)22)25-13-16-7-2-1-3-8-16/h1-12,20-23,25H,13-15H2,(H,26,27)/t20-,21+,22+,23+/m0/s1. The molecular formula is C24H24N2O4. The molecule has 0 bridgehead atoms. The van der Waals surface area contributed by atoms with Crippen molar-refractivity contribution in [3.63, 3.8) is 0 Å². The Hall–Kier alpha value is -2.93. The van der Waals surface area contributed by atoms with Crippen molar-refractivity contribution in [1.29, 1.82) is 0 Å². The van der Waals surface area contributed by atoms with E-state index in [1.165, 1.54) is 5.56 Å². The minimum atomic E-state index is -0.495. The van der Waals surface area contributed by atoms with Gasteiger partial charge in [0.05, 0.1) is 24.9 Å². The van der Waals surface area contributed by atoms with Gasteiger partial charge in [0, 0.05) is 11.9 Å². The third-order valence-electron chi connectivity index (χ3n) is 5.70. The highest BCUT2D eigenvalue weighted by Crippen LogP contribution is 2.30. The van der Waals surface area contributed by atoms with Crippen molar-refractivity contribution < 1.29 is 19.0 Å². The van der Waals surface area contributed by atoms with E-state index in [0.717, 1.165) is 23.0 Å². The maximum absolute atomic E-state index is 12.5. The fourth-order valence-corrected chi connectivity index (χ4v) is 4.20. The zero-order chi connectivity index (χ0) is 20.3. The average Bonchev–Trinajstić information content (AvgIpc) is 3.36. The van der Waals surface area contributed by atoms with Crippen molar-refractivity contribution in [2.24, 2.45) is 0 Å². The second kappa shape index (κ2) is 8.44. The molecule has 6 nitrogen and oxygen atoms in total. The molecule has 0 aliphatic carbocycles. The number of benzene rings is 3. The normalized spacial score (nSPS) is 25.2. The van der Waals surface area contributed by atoms with Crippen LogP contribution in [0.5, 0.6) is 0 Å². The number of nitrogens with one attached hydrogen (secondary N) is 2. The van der Waals surface area contributed by atoms with Gasteiger partial charge in [-0.25, -0.2) is 4.79 Å². The quantitative estimate of drug-likeness (QED) is 0.679. The number of rotatable bonds is 5. The molecule has 0 radical (unpaired) electrons. The second-order valence-electron chi connectivity index (χ2n) is 7.66. The summed E-state index contributed by atoms with van der Waals surface area (Å²) in [6.45, 7) is 1.61. The van der Waals surface area contributed by atoms with Gasteiger partial charge in [0.25, 0.3) is 0 Å². The molecule has 154 valence electrons. The molecule has 30 heavy (non-hydrogen) atoms. The Balaban J connectivity index is 1.18. The first-order chi connectivity index (χ1) is 14.8. The molecule has 6 heteroatoms. The molecule has 0 unspecified atom stereocenters. The lowest BCUT2D eigenvalue weighted by Gasteiger charge is -2.18. The van der Waals surface area contributed by atoms with E-state index in [9.17, 15) is 4.79 Å². The first kappa shape index (κ1) is 19.1. The number of anilines is 1. The molecule has 2 fully saturated rings. The molecule has 2 aliphatic heterocycles. The largest absolute Gasteiger partial charge is 0.441 e. The predicted molar refractivity (Wildman–Crippen MR) is 114 cm³/mol. The first-order valence-electron chi connectivity index (χ1n) is 10.2. The SMILES string of the molecule is O=C(Nc1cccc2ccccc12)O[C@@H]1CO[C@H]2[C@@H]1OC[C@@H]2NCc1ccccc1. The summed E-state index contributed by atoms with van der Waals surface area (Å²) < 4.78 is 17.5. The van der Waals surface area contributed by atoms with Crippen LogP contribution in [0, 0.1) is 0 Å². The molecule has 0 aromatic heterocycles. The maximum Gasteiger partial charge on any atom is 0.412 e. The average molecular weight is 404 g/mol. The topological polar surface area (TPSA) is 68.8 Å². The zero-order valence-electron chi connectivity index (χ0n) is 16.5. The van der Waals surface area contributed by atoms with Gasteiger partial charge in [-0.3, -0.25) is 5.32 Å². The fourth-order valence-electron chi connectivity index (χ4n) is 4.20. The molecule has 5 rings (SSSR count). The Morgan fingerprint density at radius 3 is 2.57 bits per heavy atom. The van der Waals surface area contributed by atoms with Crippen LogP contribution in [0.25, 0.3) is 10.8 Å². The van der Waals surface area contributed by atoms with Crippen molar-refractivity contribution in [2.45, 2.75) is 30.9 Å². The summed E-state index contributed by atoms with van der Waals surface area (Å²) in [5.41, 5.74) is 1.93. The van der Waals surface area contributed by atoms with Crippen molar-refractivity contribution in [3.05, 3.63) is 78.4 Å². The summed E-state index contributed by atoms with van der Waals surface area (Å²) in [6.07, 6.45) is -1.29. The van der Waals surface area contributed by atoms with Crippen LogP contribution in [0.3, 0.4) is 0 Å². The monoisotopic (exact) mass is 404 g/mol. The molecule has 3 aromatic carbocycles. The van der Waals surface area contributed by atoms with Crippen LogP contribution in [0.15, 0.2) is 72.8 Å². The summed E-state index contributed by atoms with van der Waals surface area (Å²) in [6, 6.07) is 24.0. The van der Waals surface area contributed by atoms with E-state index in [-0.39, 0.29) is 18.2 Å².